The minimum absolute atomic E-state index is 0.0725. The molecule has 1 saturated heterocycles. The second-order valence-corrected chi connectivity index (χ2v) is 9.51. The minimum atomic E-state index is -3.65. The number of benzene rings is 1. The van der Waals surface area contributed by atoms with Gasteiger partial charge in [0, 0.05) is 19.6 Å². The summed E-state index contributed by atoms with van der Waals surface area (Å²) in [6.45, 7) is 5.28. The van der Waals surface area contributed by atoms with Crippen LogP contribution in [0, 0.1) is 5.92 Å². The van der Waals surface area contributed by atoms with Crippen molar-refractivity contribution >= 4 is 37.5 Å². The Labute approximate surface area is 162 Å². The molecule has 0 unspecified atom stereocenters. The van der Waals surface area contributed by atoms with E-state index < -0.39 is 10.0 Å². The van der Waals surface area contributed by atoms with Gasteiger partial charge in [0.25, 0.3) is 0 Å². The zero-order chi connectivity index (χ0) is 19.6. The van der Waals surface area contributed by atoms with E-state index in [-0.39, 0.29) is 34.7 Å². The summed E-state index contributed by atoms with van der Waals surface area (Å²) in [5.74, 6) is -0.495. The molecule has 2 heterocycles. The zero-order valence-corrected chi connectivity index (χ0v) is 17.1. The van der Waals surface area contributed by atoms with Gasteiger partial charge in [-0.2, -0.15) is 4.31 Å². The highest BCUT2D eigenvalue weighted by Gasteiger charge is 2.33. The van der Waals surface area contributed by atoms with Crippen LogP contribution in [0.15, 0.2) is 27.9 Å². The zero-order valence-electron chi connectivity index (χ0n) is 15.5. The molecule has 9 heteroatoms. The van der Waals surface area contributed by atoms with Crippen LogP contribution in [0.4, 0.5) is 0 Å². The molecule has 1 aromatic carbocycles. The van der Waals surface area contributed by atoms with E-state index >= 15 is 0 Å². The van der Waals surface area contributed by atoms with Crippen LogP contribution < -0.4 is 4.87 Å². The van der Waals surface area contributed by atoms with E-state index in [2.05, 4.69) is 0 Å². The third-order valence-electron chi connectivity index (χ3n) is 4.80. The van der Waals surface area contributed by atoms with Gasteiger partial charge < -0.3 is 4.74 Å². The molecule has 27 heavy (non-hydrogen) atoms. The fourth-order valence-corrected chi connectivity index (χ4v) is 5.91. The number of carbonyl (C=O) groups is 1. The van der Waals surface area contributed by atoms with Crippen LogP contribution in [0.5, 0.6) is 0 Å². The number of esters is 1. The van der Waals surface area contributed by atoms with Gasteiger partial charge in [-0.15, -0.1) is 0 Å². The number of thiazole rings is 1. The Morgan fingerprint density at radius 2 is 1.96 bits per heavy atom. The van der Waals surface area contributed by atoms with Gasteiger partial charge in [0.05, 0.1) is 27.6 Å². The van der Waals surface area contributed by atoms with Crippen LogP contribution >= 0.6 is 11.3 Å². The second kappa shape index (κ2) is 8.12. The predicted octanol–water partition coefficient (Wildman–Crippen LogP) is 2.44. The molecule has 0 bridgehead atoms. The maximum absolute atomic E-state index is 13.0. The lowest BCUT2D eigenvalue weighted by Gasteiger charge is -2.30. The average Bonchev–Trinajstić information content (AvgIpc) is 2.97. The van der Waals surface area contributed by atoms with Crippen LogP contribution in [0.1, 0.15) is 33.1 Å². The number of sulfonamides is 1. The third-order valence-corrected chi connectivity index (χ3v) is 7.64. The molecule has 0 N–H and O–H groups in total. The summed E-state index contributed by atoms with van der Waals surface area (Å²) in [4.78, 5) is 24.1. The van der Waals surface area contributed by atoms with Gasteiger partial charge in [0.15, 0.2) is 0 Å². The molecule has 3 rings (SSSR count). The number of aryl methyl sites for hydroxylation is 1. The van der Waals surface area contributed by atoms with Crippen molar-refractivity contribution in [3.8, 4) is 0 Å². The first-order valence-corrected chi connectivity index (χ1v) is 11.4. The van der Waals surface area contributed by atoms with Crippen LogP contribution in [0.3, 0.4) is 0 Å². The molecule has 0 amide bonds. The van der Waals surface area contributed by atoms with E-state index in [0.717, 1.165) is 23.3 Å². The number of hydrogen-bond donors (Lipinski definition) is 0. The summed E-state index contributed by atoms with van der Waals surface area (Å²) in [5, 5.41) is 0. The van der Waals surface area contributed by atoms with E-state index in [1.807, 2.05) is 6.92 Å². The van der Waals surface area contributed by atoms with E-state index in [0.29, 0.717) is 30.7 Å². The van der Waals surface area contributed by atoms with Crippen molar-refractivity contribution in [2.45, 2.75) is 44.6 Å². The molecule has 0 atom stereocenters. The highest BCUT2D eigenvalue weighted by atomic mass is 32.2. The van der Waals surface area contributed by atoms with Crippen molar-refractivity contribution in [1.82, 2.24) is 8.87 Å². The summed E-state index contributed by atoms with van der Waals surface area (Å²) >= 11 is 1.07. The maximum Gasteiger partial charge on any atom is 0.309 e. The highest BCUT2D eigenvalue weighted by molar-refractivity contribution is 7.89. The van der Waals surface area contributed by atoms with Crippen LogP contribution in [0.2, 0.25) is 0 Å². The van der Waals surface area contributed by atoms with E-state index in [1.165, 1.54) is 4.31 Å². The topological polar surface area (TPSA) is 85.7 Å². The van der Waals surface area contributed by atoms with Gasteiger partial charge in [-0.3, -0.25) is 14.2 Å². The van der Waals surface area contributed by atoms with Gasteiger partial charge in [-0.25, -0.2) is 8.42 Å². The van der Waals surface area contributed by atoms with Crippen molar-refractivity contribution in [2.75, 3.05) is 19.7 Å². The molecule has 1 aliphatic heterocycles. The summed E-state index contributed by atoms with van der Waals surface area (Å²) in [5.41, 5.74) is 0.770. The molecule has 0 radical (unpaired) electrons. The van der Waals surface area contributed by atoms with Crippen LogP contribution in [0.25, 0.3) is 10.2 Å². The number of carbonyl (C=O) groups excluding carboxylic acids is 1. The Bertz CT molecular complexity index is 985. The van der Waals surface area contributed by atoms with Gasteiger partial charge in [-0.1, -0.05) is 18.3 Å². The molecule has 1 aromatic heterocycles. The fourth-order valence-electron chi connectivity index (χ4n) is 3.38. The van der Waals surface area contributed by atoms with Crippen molar-refractivity contribution in [3.63, 3.8) is 0 Å². The standard InChI is InChI=1S/C18H24N2O5S2/c1-3-9-20-15-6-5-14(12-16(15)26-18(20)22)27(23,24)19-10-7-13(8-11-19)17(21)25-4-2/h5-6,12-13H,3-4,7-11H2,1-2H3. The molecule has 1 fully saturated rings. The number of fused-ring (bicyclic) bond motifs is 1. The first-order valence-electron chi connectivity index (χ1n) is 9.18. The predicted molar refractivity (Wildman–Crippen MR) is 104 cm³/mol. The van der Waals surface area contributed by atoms with Crippen LogP contribution in [-0.2, 0) is 26.1 Å². The summed E-state index contributed by atoms with van der Waals surface area (Å²) in [7, 11) is -3.65. The number of piperidine rings is 1. The number of aromatic nitrogens is 1. The molecule has 0 spiro atoms. The average molecular weight is 413 g/mol. The Balaban J connectivity index is 1.81. The Kier molecular flexibility index (Phi) is 6.02. The lowest BCUT2D eigenvalue weighted by molar-refractivity contribution is -0.149. The summed E-state index contributed by atoms with van der Waals surface area (Å²) in [6, 6.07) is 4.86. The van der Waals surface area contributed by atoms with Crippen molar-refractivity contribution < 1.29 is 17.9 Å². The smallest absolute Gasteiger partial charge is 0.309 e. The maximum atomic E-state index is 13.0. The molecule has 148 valence electrons. The number of ether oxygens (including phenoxy) is 1. The molecule has 0 aliphatic carbocycles. The summed E-state index contributed by atoms with van der Waals surface area (Å²) in [6.07, 6.45) is 1.75. The molecule has 1 aliphatic rings. The summed E-state index contributed by atoms with van der Waals surface area (Å²) < 4.78 is 34.8. The highest BCUT2D eigenvalue weighted by Crippen LogP contribution is 2.27. The Morgan fingerprint density at radius 3 is 2.59 bits per heavy atom. The monoisotopic (exact) mass is 412 g/mol. The van der Waals surface area contributed by atoms with Gasteiger partial charge >= 0.3 is 10.8 Å². The van der Waals surface area contributed by atoms with E-state index in [4.69, 9.17) is 4.74 Å². The minimum Gasteiger partial charge on any atom is -0.466 e. The largest absolute Gasteiger partial charge is 0.466 e. The molecule has 0 saturated carbocycles. The number of nitrogens with zero attached hydrogens (tertiary/aromatic N) is 2. The third kappa shape index (κ3) is 3.95. The van der Waals surface area contributed by atoms with E-state index in [9.17, 15) is 18.0 Å². The molecule has 2 aromatic rings. The first kappa shape index (κ1) is 20.0. The lowest BCUT2D eigenvalue weighted by Crippen LogP contribution is -2.40. The van der Waals surface area contributed by atoms with Gasteiger partial charge in [-0.05, 0) is 44.4 Å². The van der Waals surface area contributed by atoms with Crippen molar-refractivity contribution in [1.29, 1.82) is 0 Å². The quantitative estimate of drug-likeness (QED) is 0.680. The van der Waals surface area contributed by atoms with Crippen molar-refractivity contribution in [3.05, 3.63) is 27.9 Å². The number of rotatable bonds is 6. The van der Waals surface area contributed by atoms with Gasteiger partial charge in [0.1, 0.15) is 0 Å². The number of hydrogen-bond acceptors (Lipinski definition) is 6. The lowest BCUT2D eigenvalue weighted by atomic mass is 9.98. The Hall–Kier alpha value is -1.71. The second-order valence-electron chi connectivity index (χ2n) is 6.58. The first-order chi connectivity index (χ1) is 12.9. The molecule has 7 nitrogen and oxygen atoms in total. The van der Waals surface area contributed by atoms with Crippen LogP contribution in [-0.4, -0.2) is 43.0 Å². The molecular formula is C18H24N2O5S2. The van der Waals surface area contributed by atoms with E-state index in [1.54, 1.807) is 29.7 Å². The van der Waals surface area contributed by atoms with Crippen molar-refractivity contribution in [2.24, 2.45) is 5.92 Å². The Morgan fingerprint density at radius 1 is 1.26 bits per heavy atom. The fraction of sp³-hybridized carbons (Fsp3) is 0.556. The molecular weight excluding hydrogens is 388 g/mol. The SMILES string of the molecule is CCCn1c(=O)sc2cc(S(=O)(=O)N3CCC(C(=O)OCC)CC3)ccc21. The van der Waals surface area contributed by atoms with Gasteiger partial charge in [0.2, 0.25) is 10.0 Å². The normalized spacial score (nSPS) is 16.7.